The molecule has 4 rings (SSSR count). The molecule has 1 saturated heterocycles. The number of nitro benzene ring substituents is 1. The highest BCUT2D eigenvalue weighted by Gasteiger charge is 2.31. The van der Waals surface area contributed by atoms with Crippen molar-refractivity contribution in [3.63, 3.8) is 0 Å². The molecule has 2 aromatic carbocycles. The summed E-state index contributed by atoms with van der Waals surface area (Å²) in [6, 6.07) is 10.8. The van der Waals surface area contributed by atoms with Gasteiger partial charge in [-0.3, -0.25) is 10.1 Å². The summed E-state index contributed by atoms with van der Waals surface area (Å²) < 4.78 is 45.2. The zero-order chi connectivity index (χ0) is 26.6. The molecule has 0 amide bonds. The predicted molar refractivity (Wildman–Crippen MR) is 141 cm³/mol. The van der Waals surface area contributed by atoms with Gasteiger partial charge in [-0.15, -0.1) is 0 Å². The molecule has 1 N–H and O–H groups in total. The van der Waals surface area contributed by atoms with Gasteiger partial charge in [0, 0.05) is 55.2 Å². The first-order valence-electron chi connectivity index (χ1n) is 12.4. The quantitative estimate of drug-likeness (QED) is 0.272. The Morgan fingerprint density at radius 3 is 2.43 bits per heavy atom. The van der Waals surface area contributed by atoms with Gasteiger partial charge in [-0.05, 0) is 62.9 Å². The number of nitrogens with zero attached hydrogens (tertiary/aromatic N) is 3. The molecule has 0 bridgehead atoms. The molecule has 37 heavy (non-hydrogen) atoms. The third-order valence-electron chi connectivity index (χ3n) is 7.05. The van der Waals surface area contributed by atoms with Gasteiger partial charge in [0.25, 0.3) is 5.69 Å². The Bertz CT molecular complexity index is 1110. The molecule has 1 heterocycles. The van der Waals surface area contributed by atoms with Crippen molar-refractivity contribution in [2.24, 2.45) is 0 Å². The lowest BCUT2D eigenvalue weighted by Crippen LogP contribution is -2.49. The summed E-state index contributed by atoms with van der Waals surface area (Å²) in [5.74, 6) is 0. The lowest BCUT2D eigenvalue weighted by molar-refractivity contribution is -0.385. The Kier molecular flexibility index (Phi) is 8.53. The number of piperazine rings is 1. The van der Waals surface area contributed by atoms with E-state index in [0.29, 0.717) is 44.0 Å². The maximum atomic E-state index is 13.0. The van der Waals surface area contributed by atoms with Crippen LogP contribution in [0.4, 0.5) is 30.2 Å². The Hall–Kier alpha value is -2.92. The highest BCUT2D eigenvalue weighted by Crippen LogP contribution is 2.32. The van der Waals surface area contributed by atoms with Gasteiger partial charge in [0.2, 0.25) is 0 Å². The number of nitro groups is 1. The first-order chi connectivity index (χ1) is 17.6. The molecule has 1 saturated carbocycles. The van der Waals surface area contributed by atoms with Crippen molar-refractivity contribution in [1.82, 2.24) is 4.90 Å². The predicted octanol–water partition coefficient (Wildman–Crippen LogP) is 5.81. The molecular weight excluding hydrogens is 505 g/mol. The van der Waals surface area contributed by atoms with Gasteiger partial charge in [-0.25, -0.2) is 0 Å². The van der Waals surface area contributed by atoms with Crippen LogP contribution >= 0.6 is 12.2 Å². The van der Waals surface area contributed by atoms with Crippen LogP contribution in [0.1, 0.15) is 36.8 Å². The molecule has 200 valence electrons. The number of aryl methyl sites for hydroxylation is 1. The summed E-state index contributed by atoms with van der Waals surface area (Å²) in [6.07, 6.45) is -0.561. The third kappa shape index (κ3) is 7.10. The van der Waals surface area contributed by atoms with Crippen LogP contribution in [0.15, 0.2) is 42.5 Å². The van der Waals surface area contributed by atoms with E-state index in [2.05, 4.69) is 10.2 Å². The van der Waals surface area contributed by atoms with Crippen molar-refractivity contribution in [3.05, 3.63) is 63.7 Å². The number of benzene rings is 2. The number of nitrogens with one attached hydrogen (secondary N) is 1. The second-order valence-corrected chi connectivity index (χ2v) is 10.1. The summed E-state index contributed by atoms with van der Waals surface area (Å²) in [7, 11) is 0. The normalized spacial score (nSPS) is 20.5. The van der Waals surface area contributed by atoms with Crippen molar-refractivity contribution in [1.29, 1.82) is 0 Å². The molecule has 0 aromatic heterocycles. The van der Waals surface area contributed by atoms with Gasteiger partial charge in [0.05, 0.1) is 23.2 Å². The van der Waals surface area contributed by atoms with E-state index in [1.807, 2.05) is 11.0 Å². The Labute approximate surface area is 219 Å². The maximum absolute atomic E-state index is 13.0. The average molecular weight is 537 g/mol. The molecule has 1 aliphatic carbocycles. The van der Waals surface area contributed by atoms with E-state index in [1.165, 1.54) is 18.2 Å². The van der Waals surface area contributed by atoms with E-state index < -0.39 is 11.7 Å². The standard InChI is InChI=1S/C26H31F3N4O3S/c1-18-15-21(7-10-24(18)33(34)35)30-20-5-8-23(9-6-20)36-17-25(37)32-13-11-31(12-14-32)22-4-2-3-19(16-22)26(27,28)29/h2-4,7,10,15-16,20,23,30H,5-6,8-9,11-14,17H2,1H3. The smallest absolute Gasteiger partial charge is 0.382 e. The molecule has 0 atom stereocenters. The van der Waals surface area contributed by atoms with Crippen molar-refractivity contribution >= 4 is 34.3 Å². The van der Waals surface area contributed by atoms with Gasteiger partial charge in [-0.1, -0.05) is 18.3 Å². The number of hydrogen-bond donors (Lipinski definition) is 1. The van der Waals surface area contributed by atoms with Crippen molar-refractivity contribution in [3.8, 4) is 0 Å². The molecule has 0 unspecified atom stereocenters. The lowest BCUT2D eigenvalue weighted by Gasteiger charge is -2.38. The highest BCUT2D eigenvalue weighted by molar-refractivity contribution is 7.80. The summed E-state index contributed by atoms with van der Waals surface area (Å²) in [4.78, 5) is 15.4. The van der Waals surface area contributed by atoms with Gasteiger partial charge in [0.1, 0.15) is 4.99 Å². The van der Waals surface area contributed by atoms with E-state index in [0.717, 1.165) is 42.4 Å². The Morgan fingerprint density at radius 1 is 1.11 bits per heavy atom. The van der Waals surface area contributed by atoms with Crippen LogP contribution in [0.5, 0.6) is 0 Å². The molecule has 0 radical (unpaired) electrons. The maximum Gasteiger partial charge on any atom is 0.416 e. The van der Waals surface area contributed by atoms with Crippen LogP contribution < -0.4 is 10.2 Å². The molecule has 0 spiro atoms. The van der Waals surface area contributed by atoms with Gasteiger partial charge < -0.3 is 19.9 Å². The summed E-state index contributed by atoms with van der Waals surface area (Å²) in [5.41, 5.74) is 1.58. The van der Waals surface area contributed by atoms with Gasteiger partial charge >= 0.3 is 6.18 Å². The fourth-order valence-corrected chi connectivity index (χ4v) is 5.18. The van der Waals surface area contributed by atoms with Crippen LogP contribution in [0.2, 0.25) is 0 Å². The van der Waals surface area contributed by atoms with Crippen LogP contribution in [0, 0.1) is 17.0 Å². The number of rotatable bonds is 7. The molecule has 11 heteroatoms. The first-order valence-corrected chi connectivity index (χ1v) is 12.8. The van der Waals surface area contributed by atoms with Crippen molar-refractivity contribution in [2.45, 2.75) is 50.9 Å². The van der Waals surface area contributed by atoms with Crippen LogP contribution in [0.25, 0.3) is 0 Å². The lowest BCUT2D eigenvalue weighted by atomic mass is 9.92. The topological polar surface area (TPSA) is 70.9 Å². The van der Waals surface area contributed by atoms with Crippen LogP contribution in [0.3, 0.4) is 0 Å². The summed E-state index contributed by atoms with van der Waals surface area (Å²) in [6.45, 7) is 4.58. The SMILES string of the molecule is Cc1cc(NC2CCC(OCC(=S)N3CCN(c4cccc(C(F)(F)F)c4)CC3)CC2)ccc1[N+](=O)[O-]. The van der Waals surface area contributed by atoms with Crippen LogP contribution in [-0.2, 0) is 10.9 Å². The minimum absolute atomic E-state index is 0.121. The Balaban J connectivity index is 1.18. The molecule has 1 aliphatic heterocycles. The first kappa shape index (κ1) is 27.1. The highest BCUT2D eigenvalue weighted by atomic mass is 32.1. The van der Waals surface area contributed by atoms with Gasteiger partial charge in [-0.2, -0.15) is 13.2 Å². The fraction of sp³-hybridized carbons (Fsp3) is 0.500. The van der Waals surface area contributed by atoms with Gasteiger partial charge in [0.15, 0.2) is 0 Å². The minimum atomic E-state index is -4.35. The van der Waals surface area contributed by atoms with E-state index in [9.17, 15) is 23.3 Å². The van der Waals surface area contributed by atoms with E-state index in [-0.39, 0.29) is 22.8 Å². The number of anilines is 2. The fourth-order valence-electron chi connectivity index (χ4n) is 4.93. The largest absolute Gasteiger partial charge is 0.416 e. The molecule has 2 fully saturated rings. The number of hydrogen-bond acceptors (Lipinski definition) is 6. The molecule has 2 aromatic rings. The minimum Gasteiger partial charge on any atom is -0.382 e. The zero-order valence-electron chi connectivity index (χ0n) is 20.7. The number of halogens is 3. The monoisotopic (exact) mass is 536 g/mol. The van der Waals surface area contributed by atoms with E-state index >= 15 is 0 Å². The number of alkyl halides is 3. The average Bonchev–Trinajstić information content (AvgIpc) is 2.87. The number of thiocarbonyl (C=S) groups is 1. The second-order valence-electron chi connectivity index (χ2n) is 9.60. The van der Waals surface area contributed by atoms with E-state index in [4.69, 9.17) is 17.0 Å². The zero-order valence-corrected chi connectivity index (χ0v) is 21.5. The molecule has 7 nitrogen and oxygen atoms in total. The summed E-state index contributed by atoms with van der Waals surface area (Å²) >= 11 is 5.59. The van der Waals surface area contributed by atoms with Crippen LogP contribution in [-0.4, -0.2) is 59.7 Å². The molecule has 2 aliphatic rings. The van der Waals surface area contributed by atoms with E-state index in [1.54, 1.807) is 19.1 Å². The molecular formula is C26H31F3N4O3S. The number of ether oxygens (including phenoxy) is 1. The summed E-state index contributed by atoms with van der Waals surface area (Å²) in [5, 5.41) is 14.5. The third-order valence-corrected chi connectivity index (χ3v) is 7.43. The second kappa shape index (κ2) is 11.6. The Morgan fingerprint density at radius 2 is 1.81 bits per heavy atom. The van der Waals surface area contributed by atoms with Crippen molar-refractivity contribution < 1.29 is 22.8 Å². The van der Waals surface area contributed by atoms with Crippen molar-refractivity contribution in [2.75, 3.05) is 43.0 Å².